The predicted molar refractivity (Wildman–Crippen MR) is 268 cm³/mol. The third-order valence-electron chi connectivity index (χ3n) is 14.8. The molecule has 0 unspecified atom stereocenters. The summed E-state index contributed by atoms with van der Waals surface area (Å²) in [5, 5.41) is 0. The molecule has 1 aromatic heterocycles. The SMILES string of the molecule is CCC1(CC)c2cc(-c3ccc(-c4ccccc4)cc3-c3ccccc3)ccc2-c2nc3c(nc21)-c1ccc(-c2ccc(-c4ccccc4)cc2-c2ccccc2)cc1C3(CC)CC. The van der Waals surface area contributed by atoms with Crippen molar-refractivity contribution in [2.45, 2.75) is 64.2 Å². The fourth-order valence-corrected chi connectivity index (χ4v) is 11.2. The average molecular weight is 825 g/mol. The minimum Gasteiger partial charge on any atom is -0.248 e. The summed E-state index contributed by atoms with van der Waals surface area (Å²) in [6.45, 7) is 9.35. The second kappa shape index (κ2) is 15.9. The lowest BCUT2D eigenvalue weighted by Gasteiger charge is -2.30. The van der Waals surface area contributed by atoms with Crippen molar-refractivity contribution < 1.29 is 0 Å². The number of nitrogens with zero attached hydrogens (tertiary/aromatic N) is 2. The summed E-state index contributed by atoms with van der Waals surface area (Å²) in [6, 6.07) is 71.3. The van der Waals surface area contributed by atoms with E-state index in [4.69, 9.17) is 9.97 Å². The molecule has 9 aromatic rings. The Labute approximate surface area is 378 Å². The molecule has 0 spiro atoms. The molecule has 0 fully saturated rings. The fraction of sp³-hybridized carbons (Fsp3) is 0.161. The van der Waals surface area contributed by atoms with E-state index in [1.54, 1.807) is 0 Å². The van der Waals surface area contributed by atoms with E-state index < -0.39 is 0 Å². The van der Waals surface area contributed by atoms with E-state index in [0.29, 0.717) is 0 Å². The number of aromatic nitrogens is 2. The van der Waals surface area contributed by atoms with Crippen molar-refractivity contribution in [2.75, 3.05) is 0 Å². The maximum Gasteiger partial charge on any atom is 0.0934 e. The average Bonchev–Trinajstić information content (AvgIpc) is 3.81. The maximum absolute atomic E-state index is 5.84. The smallest absolute Gasteiger partial charge is 0.0934 e. The quantitative estimate of drug-likeness (QED) is 0.137. The Balaban J connectivity index is 1.04. The van der Waals surface area contributed by atoms with E-state index >= 15 is 0 Å². The molecule has 0 aliphatic heterocycles. The summed E-state index contributed by atoms with van der Waals surface area (Å²) in [7, 11) is 0. The van der Waals surface area contributed by atoms with Crippen LogP contribution in [0.1, 0.15) is 75.9 Å². The van der Waals surface area contributed by atoms with Crippen LogP contribution in [0.3, 0.4) is 0 Å². The first-order valence-corrected chi connectivity index (χ1v) is 23.2. The number of benzene rings is 8. The molecule has 0 amide bonds. The molecule has 0 radical (unpaired) electrons. The summed E-state index contributed by atoms with van der Waals surface area (Å²) < 4.78 is 0. The number of fused-ring (bicyclic) bond motifs is 6. The van der Waals surface area contributed by atoms with Crippen molar-refractivity contribution in [3.05, 3.63) is 217 Å². The van der Waals surface area contributed by atoms with Gasteiger partial charge in [-0.15, -0.1) is 0 Å². The van der Waals surface area contributed by atoms with Gasteiger partial charge in [0.25, 0.3) is 0 Å². The van der Waals surface area contributed by atoms with E-state index in [1.807, 2.05) is 0 Å². The van der Waals surface area contributed by atoms with Crippen molar-refractivity contribution in [2.24, 2.45) is 0 Å². The van der Waals surface area contributed by atoms with Gasteiger partial charge in [-0.3, -0.25) is 0 Å². The molecule has 8 aromatic carbocycles. The molecule has 2 aliphatic carbocycles. The van der Waals surface area contributed by atoms with Gasteiger partial charge in [-0.2, -0.15) is 0 Å². The first-order chi connectivity index (χ1) is 31.5. The van der Waals surface area contributed by atoms with Crippen LogP contribution < -0.4 is 0 Å². The van der Waals surface area contributed by atoms with Gasteiger partial charge in [0.1, 0.15) is 0 Å². The minimum atomic E-state index is -0.255. The first kappa shape index (κ1) is 39.7. The van der Waals surface area contributed by atoms with Crippen molar-refractivity contribution in [3.63, 3.8) is 0 Å². The Kier molecular flexibility index (Phi) is 9.84. The Morgan fingerprint density at radius 3 is 0.938 bits per heavy atom. The van der Waals surface area contributed by atoms with E-state index in [-0.39, 0.29) is 10.8 Å². The lowest BCUT2D eigenvalue weighted by atomic mass is 9.75. The first-order valence-electron chi connectivity index (χ1n) is 23.2. The zero-order valence-electron chi connectivity index (χ0n) is 37.2. The lowest BCUT2D eigenvalue weighted by molar-refractivity contribution is 0.466. The molecular weight excluding hydrogens is 773 g/mol. The third-order valence-corrected chi connectivity index (χ3v) is 14.8. The Morgan fingerprint density at radius 1 is 0.281 bits per heavy atom. The molecule has 0 atom stereocenters. The van der Waals surface area contributed by atoms with Crippen LogP contribution in [0.15, 0.2) is 194 Å². The van der Waals surface area contributed by atoms with Crippen LogP contribution in [0.4, 0.5) is 0 Å². The third kappa shape index (κ3) is 6.14. The van der Waals surface area contributed by atoms with Crippen LogP contribution in [0.2, 0.25) is 0 Å². The van der Waals surface area contributed by atoms with Gasteiger partial charge in [-0.1, -0.05) is 198 Å². The summed E-state index contributed by atoms with van der Waals surface area (Å²) >= 11 is 0. The molecule has 2 heteroatoms. The molecule has 310 valence electrons. The zero-order valence-corrected chi connectivity index (χ0v) is 37.2. The number of hydrogen-bond acceptors (Lipinski definition) is 2. The van der Waals surface area contributed by atoms with Crippen molar-refractivity contribution in [1.82, 2.24) is 9.97 Å². The van der Waals surface area contributed by atoms with Crippen LogP contribution in [0.25, 0.3) is 89.3 Å². The lowest BCUT2D eigenvalue weighted by Crippen LogP contribution is -2.27. The van der Waals surface area contributed by atoms with Crippen LogP contribution in [-0.4, -0.2) is 9.97 Å². The Bertz CT molecular complexity index is 2960. The van der Waals surface area contributed by atoms with E-state index in [2.05, 4.69) is 222 Å². The Hall–Kier alpha value is -7.16. The second-order valence-electron chi connectivity index (χ2n) is 17.7. The standard InChI is InChI=1S/C62H52N2/c1-5-61(6-2)55-39-47(49-33-29-45(41-21-13-9-14-22-41)37-53(49)43-25-17-11-18-26-43)31-35-51(55)57-59(61)63-58-52-36-32-48(40-56(52)62(7-3,8-4)60(58)64-57)50-34-30-46(42-23-15-10-16-24-42)38-54(50)44-27-19-12-20-28-44/h9-40H,5-8H2,1-4H3. The molecule has 11 rings (SSSR count). The highest BCUT2D eigenvalue weighted by Gasteiger charge is 2.49. The summed E-state index contributed by atoms with van der Waals surface area (Å²) in [5.74, 6) is 0. The van der Waals surface area contributed by atoms with Gasteiger partial charge < -0.3 is 0 Å². The van der Waals surface area contributed by atoms with Crippen LogP contribution in [0, 0.1) is 0 Å². The van der Waals surface area contributed by atoms with Crippen LogP contribution in [0.5, 0.6) is 0 Å². The molecule has 0 saturated carbocycles. The normalized spacial score (nSPS) is 13.8. The largest absolute Gasteiger partial charge is 0.248 e. The van der Waals surface area contributed by atoms with Crippen molar-refractivity contribution in [3.8, 4) is 89.3 Å². The van der Waals surface area contributed by atoms with Crippen LogP contribution in [-0.2, 0) is 10.8 Å². The van der Waals surface area contributed by atoms with E-state index in [1.165, 1.54) is 89.0 Å². The van der Waals surface area contributed by atoms with E-state index in [9.17, 15) is 0 Å². The summed E-state index contributed by atoms with van der Waals surface area (Å²) in [5.41, 5.74) is 23.7. The topological polar surface area (TPSA) is 25.8 Å². The maximum atomic E-state index is 5.84. The van der Waals surface area contributed by atoms with Gasteiger partial charge in [-0.25, -0.2) is 9.97 Å². The molecule has 64 heavy (non-hydrogen) atoms. The van der Waals surface area contributed by atoms with Gasteiger partial charge in [0.15, 0.2) is 0 Å². The highest BCUT2D eigenvalue weighted by Crippen LogP contribution is 2.58. The van der Waals surface area contributed by atoms with Crippen molar-refractivity contribution >= 4 is 0 Å². The zero-order chi connectivity index (χ0) is 43.4. The van der Waals surface area contributed by atoms with E-state index in [0.717, 1.165) is 48.5 Å². The highest BCUT2D eigenvalue weighted by molar-refractivity contribution is 5.92. The van der Waals surface area contributed by atoms with Gasteiger partial charge in [-0.05, 0) is 128 Å². The second-order valence-corrected chi connectivity index (χ2v) is 17.7. The predicted octanol–water partition coefficient (Wildman–Crippen LogP) is 16.7. The molecule has 0 N–H and O–H groups in total. The molecule has 2 nitrogen and oxygen atoms in total. The van der Waals surface area contributed by atoms with Gasteiger partial charge in [0, 0.05) is 22.0 Å². The molecule has 0 saturated heterocycles. The molecule has 2 aliphatic rings. The molecular formula is C62H52N2. The van der Waals surface area contributed by atoms with Crippen molar-refractivity contribution in [1.29, 1.82) is 0 Å². The fourth-order valence-electron chi connectivity index (χ4n) is 11.2. The monoisotopic (exact) mass is 824 g/mol. The van der Waals surface area contributed by atoms with Gasteiger partial charge >= 0.3 is 0 Å². The van der Waals surface area contributed by atoms with Gasteiger partial charge in [0.05, 0.1) is 22.8 Å². The Morgan fingerprint density at radius 2 is 0.594 bits per heavy atom. The number of rotatable bonds is 10. The number of hydrogen-bond donors (Lipinski definition) is 0. The molecule has 0 bridgehead atoms. The summed E-state index contributed by atoms with van der Waals surface area (Å²) in [6.07, 6.45) is 3.77. The van der Waals surface area contributed by atoms with Gasteiger partial charge in [0.2, 0.25) is 0 Å². The minimum absolute atomic E-state index is 0.255. The van der Waals surface area contributed by atoms with Crippen LogP contribution >= 0.6 is 0 Å². The molecule has 1 heterocycles. The highest BCUT2D eigenvalue weighted by atomic mass is 14.9. The summed E-state index contributed by atoms with van der Waals surface area (Å²) in [4.78, 5) is 11.7.